The number of carbonyl (C=O) groups excluding carboxylic acids is 2. The molecule has 2 aromatic carbocycles. The molecule has 0 bridgehead atoms. The number of aromatic nitrogens is 1. The van der Waals surface area contributed by atoms with Crippen molar-refractivity contribution in [3.63, 3.8) is 0 Å². The van der Waals surface area contributed by atoms with E-state index in [0.29, 0.717) is 35.7 Å². The molecule has 39 heavy (non-hydrogen) atoms. The first-order valence-corrected chi connectivity index (χ1v) is 13.6. The zero-order chi connectivity index (χ0) is 27.6. The number of para-hydroxylation sites is 1. The minimum absolute atomic E-state index is 0.188. The predicted molar refractivity (Wildman–Crippen MR) is 151 cm³/mol. The minimum atomic E-state index is -0.461. The van der Waals surface area contributed by atoms with Crippen LogP contribution in [0.1, 0.15) is 49.3 Å². The first-order chi connectivity index (χ1) is 18.7. The van der Waals surface area contributed by atoms with Crippen LogP contribution in [0, 0.1) is 0 Å². The highest BCUT2D eigenvalue weighted by Gasteiger charge is 2.37. The fourth-order valence-electron chi connectivity index (χ4n) is 5.36. The summed E-state index contributed by atoms with van der Waals surface area (Å²) in [7, 11) is 0. The average molecular weight is 532 g/mol. The number of esters is 1. The lowest BCUT2D eigenvalue weighted by Gasteiger charge is -2.29. The molecule has 0 radical (unpaired) electrons. The molecule has 0 spiro atoms. The van der Waals surface area contributed by atoms with E-state index in [1.807, 2.05) is 50.2 Å². The lowest BCUT2D eigenvalue weighted by Crippen LogP contribution is -2.38. The molecule has 1 fully saturated rings. The Hall–Kier alpha value is -3.62. The summed E-state index contributed by atoms with van der Waals surface area (Å²) < 4.78 is 16.9. The first-order valence-electron chi connectivity index (χ1n) is 13.6. The summed E-state index contributed by atoms with van der Waals surface area (Å²) in [4.78, 5) is 34.4. The number of amides is 1. The van der Waals surface area contributed by atoms with Crippen molar-refractivity contribution in [1.29, 1.82) is 0 Å². The quantitative estimate of drug-likeness (QED) is 0.449. The molecular weight excluding hydrogens is 494 g/mol. The summed E-state index contributed by atoms with van der Waals surface area (Å²) in [5.74, 6) is 0.0683. The second-order valence-electron chi connectivity index (χ2n) is 11.1. The third-order valence-electron chi connectivity index (χ3n) is 7.21. The number of morpholine rings is 1. The molecule has 0 atom stereocenters. The number of nitrogens with zero attached hydrogens (tertiary/aromatic N) is 2. The van der Waals surface area contributed by atoms with E-state index in [-0.39, 0.29) is 12.0 Å². The van der Waals surface area contributed by atoms with Crippen LogP contribution in [0.2, 0.25) is 0 Å². The lowest BCUT2D eigenvalue weighted by molar-refractivity contribution is -0.140. The van der Waals surface area contributed by atoms with Gasteiger partial charge in [0.1, 0.15) is 12.4 Å². The van der Waals surface area contributed by atoms with Gasteiger partial charge in [0.25, 0.3) is 5.91 Å². The molecule has 8 nitrogen and oxygen atoms in total. The lowest BCUT2D eigenvalue weighted by atomic mass is 9.81. The summed E-state index contributed by atoms with van der Waals surface area (Å²) in [6.07, 6.45) is 1.35. The number of ether oxygens (including phenoxy) is 3. The maximum absolute atomic E-state index is 13.8. The second-order valence-corrected chi connectivity index (χ2v) is 11.1. The Morgan fingerprint density at radius 1 is 1.05 bits per heavy atom. The molecule has 0 aliphatic carbocycles. The molecule has 1 saturated heterocycles. The molecule has 206 valence electrons. The molecule has 1 N–H and O–H groups in total. The highest BCUT2D eigenvalue weighted by molar-refractivity contribution is 6.18. The van der Waals surface area contributed by atoms with E-state index in [1.165, 1.54) is 0 Å². The van der Waals surface area contributed by atoms with Crippen molar-refractivity contribution in [2.45, 2.75) is 39.2 Å². The second kappa shape index (κ2) is 11.2. The van der Waals surface area contributed by atoms with Crippen LogP contribution < -0.4 is 4.74 Å². The minimum Gasteiger partial charge on any atom is -0.492 e. The van der Waals surface area contributed by atoms with Gasteiger partial charge in [-0.05, 0) is 49.7 Å². The van der Waals surface area contributed by atoms with E-state index in [2.05, 4.69) is 23.7 Å². The normalized spacial score (nSPS) is 17.5. The molecule has 0 unspecified atom stereocenters. The predicted octanol–water partition coefficient (Wildman–Crippen LogP) is 4.61. The van der Waals surface area contributed by atoms with Gasteiger partial charge in [-0.3, -0.25) is 9.69 Å². The third-order valence-corrected chi connectivity index (χ3v) is 7.21. The van der Waals surface area contributed by atoms with Crippen molar-refractivity contribution in [3.05, 3.63) is 71.6 Å². The first kappa shape index (κ1) is 27.0. The van der Waals surface area contributed by atoms with Gasteiger partial charge in [-0.25, -0.2) is 4.79 Å². The summed E-state index contributed by atoms with van der Waals surface area (Å²) in [6.45, 7) is 13.0. The van der Waals surface area contributed by atoms with Crippen LogP contribution in [0.4, 0.5) is 0 Å². The highest BCUT2D eigenvalue weighted by atomic mass is 16.5. The van der Waals surface area contributed by atoms with Gasteiger partial charge in [0.05, 0.1) is 30.6 Å². The molecule has 5 rings (SSSR count). The van der Waals surface area contributed by atoms with Crippen LogP contribution in [0.3, 0.4) is 0 Å². The smallest absolute Gasteiger partial charge is 0.342 e. The zero-order valence-corrected chi connectivity index (χ0v) is 23.2. The Labute approximate surface area is 229 Å². The molecule has 1 amide bonds. The molecular formula is C31H37N3O5. The largest absolute Gasteiger partial charge is 0.492 e. The Balaban J connectivity index is 1.39. The Morgan fingerprint density at radius 3 is 2.49 bits per heavy atom. The number of carbonyl (C=O) groups is 2. The Morgan fingerprint density at radius 2 is 1.77 bits per heavy atom. The standard InChI is InChI=1S/C31H37N3O5/c1-21(2)39-30(36)25-19-34(20-31(3,4)27-24-7-5-6-8-26(24)32-28(25)27)29(35)22-9-11-23(12-10-22)38-18-15-33-13-16-37-17-14-33/h5-12,19,21,32H,13-18,20H2,1-4H3. The molecule has 3 heterocycles. The number of aromatic amines is 1. The number of hydrogen-bond acceptors (Lipinski definition) is 6. The number of benzene rings is 2. The van der Waals surface area contributed by atoms with Crippen LogP contribution >= 0.6 is 0 Å². The topological polar surface area (TPSA) is 84.1 Å². The summed E-state index contributed by atoms with van der Waals surface area (Å²) in [5, 5.41) is 1.04. The van der Waals surface area contributed by atoms with Crippen LogP contribution in [0.25, 0.3) is 16.5 Å². The van der Waals surface area contributed by atoms with Crippen LogP contribution in [0.15, 0.2) is 54.7 Å². The van der Waals surface area contributed by atoms with Crippen LogP contribution in [-0.2, 0) is 19.7 Å². The van der Waals surface area contributed by atoms with Crippen molar-refractivity contribution < 1.29 is 23.8 Å². The fraction of sp³-hybridized carbons (Fsp3) is 0.419. The van der Waals surface area contributed by atoms with E-state index >= 15 is 0 Å². The molecule has 2 aliphatic heterocycles. The maximum atomic E-state index is 13.8. The average Bonchev–Trinajstić information content (AvgIpc) is 3.26. The zero-order valence-electron chi connectivity index (χ0n) is 23.2. The molecule has 1 aromatic heterocycles. The van der Waals surface area contributed by atoms with Gasteiger partial charge in [-0.2, -0.15) is 0 Å². The number of H-pyrrole nitrogens is 1. The van der Waals surface area contributed by atoms with Crippen molar-refractivity contribution in [1.82, 2.24) is 14.8 Å². The van der Waals surface area contributed by atoms with E-state index < -0.39 is 11.4 Å². The number of nitrogens with one attached hydrogen (secondary N) is 1. The van der Waals surface area contributed by atoms with E-state index in [9.17, 15) is 9.59 Å². The van der Waals surface area contributed by atoms with Crippen LogP contribution in [-0.4, -0.2) is 78.8 Å². The highest BCUT2D eigenvalue weighted by Crippen LogP contribution is 2.40. The van der Waals surface area contributed by atoms with Gasteiger partial charge in [0.2, 0.25) is 0 Å². The van der Waals surface area contributed by atoms with E-state index in [1.54, 1.807) is 23.2 Å². The number of fused-ring (bicyclic) bond motifs is 3. The third kappa shape index (κ3) is 5.87. The van der Waals surface area contributed by atoms with Crippen molar-refractivity contribution in [2.75, 3.05) is 46.0 Å². The number of hydrogen-bond donors (Lipinski definition) is 1. The van der Waals surface area contributed by atoms with Gasteiger partial charge >= 0.3 is 5.97 Å². The molecule has 0 saturated carbocycles. The van der Waals surface area contributed by atoms with Gasteiger partial charge in [-0.1, -0.05) is 32.0 Å². The van der Waals surface area contributed by atoms with Crippen molar-refractivity contribution >= 4 is 28.4 Å². The van der Waals surface area contributed by atoms with Crippen molar-refractivity contribution in [3.8, 4) is 5.75 Å². The fourth-order valence-corrected chi connectivity index (χ4v) is 5.36. The van der Waals surface area contributed by atoms with Gasteiger partial charge in [-0.15, -0.1) is 0 Å². The number of rotatable bonds is 7. The molecule has 2 aliphatic rings. The molecule has 8 heteroatoms. The summed E-state index contributed by atoms with van der Waals surface area (Å²) in [6, 6.07) is 15.2. The van der Waals surface area contributed by atoms with Crippen molar-refractivity contribution in [2.24, 2.45) is 0 Å². The van der Waals surface area contributed by atoms with E-state index in [0.717, 1.165) is 49.3 Å². The van der Waals surface area contributed by atoms with Gasteiger partial charge < -0.3 is 24.1 Å². The van der Waals surface area contributed by atoms with Gasteiger partial charge in [0.15, 0.2) is 0 Å². The Bertz CT molecular complexity index is 1370. The monoisotopic (exact) mass is 531 g/mol. The van der Waals surface area contributed by atoms with E-state index in [4.69, 9.17) is 14.2 Å². The van der Waals surface area contributed by atoms with Crippen LogP contribution in [0.5, 0.6) is 5.75 Å². The molecule has 3 aromatic rings. The maximum Gasteiger partial charge on any atom is 0.342 e. The summed E-state index contributed by atoms with van der Waals surface area (Å²) in [5.41, 5.74) is 3.08. The summed E-state index contributed by atoms with van der Waals surface area (Å²) >= 11 is 0. The van der Waals surface area contributed by atoms with Gasteiger partial charge in [0, 0.05) is 54.3 Å². The Kier molecular flexibility index (Phi) is 7.77. The SMILES string of the molecule is CC(C)OC(=O)C1=CN(C(=O)c2ccc(OCCN3CCOCC3)cc2)CC(C)(C)c2c1[nH]c1ccccc21.